The summed E-state index contributed by atoms with van der Waals surface area (Å²) in [5.41, 5.74) is 0.0131. The van der Waals surface area contributed by atoms with Crippen molar-refractivity contribution >= 4 is 23.2 Å². The summed E-state index contributed by atoms with van der Waals surface area (Å²) in [7, 11) is 0. The van der Waals surface area contributed by atoms with E-state index in [0.717, 1.165) is 12.2 Å². The van der Waals surface area contributed by atoms with Gasteiger partial charge in [-0.15, -0.1) is 11.3 Å². The Morgan fingerprint density at radius 2 is 2.40 bits per heavy atom. The maximum atomic E-state index is 11.9. The van der Waals surface area contributed by atoms with Gasteiger partial charge in [0.2, 0.25) is 5.91 Å². The largest absolute Gasteiger partial charge is 0.476 e. The van der Waals surface area contributed by atoms with E-state index >= 15 is 0 Å². The van der Waals surface area contributed by atoms with E-state index in [1.54, 1.807) is 6.26 Å². The Hall–Kier alpha value is -2.15. The van der Waals surface area contributed by atoms with Crippen LogP contribution in [0.2, 0.25) is 0 Å². The Balaban J connectivity index is 1.51. The Kier molecular flexibility index (Phi) is 3.27. The molecule has 2 aromatic rings. The van der Waals surface area contributed by atoms with Gasteiger partial charge in [0.05, 0.1) is 12.8 Å². The first-order chi connectivity index (χ1) is 9.65. The molecule has 1 saturated carbocycles. The zero-order valence-electron chi connectivity index (χ0n) is 10.4. The van der Waals surface area contributed by atoms with Gasteiger partial charge in [0, 0.05) is 17.2 Å². The highest BCUT2D eigenvalue weighted by Crippen LogP contribution is 2.47. The summed E-state index contributed by atoms with van der Waals surface area (Å²) in [6.07, 6.45) is 2.39. The van der Waals surface area contributed by atoms with Crippen LogP contribution in [0.3, 0.4) is 0 Å². The highest BCUT2D eigenvalue weighted by atomic mass is 32.1. The van der Waals surface area contributed by atoms with Crippen LogP contribution in [-0.2, 0) is 11.3 Å². The van der Waals surface area contributed by atoms with Gasteiger partial charge >= 0.3 is 5.97 Å². The van der Waals surface area contributed by atoms with Crippen LogP contribution in [0.1, 0.15) is 33.6 Å². The molecule has 7 heteroatoms. The number of amides is 1. The number of carbonyl (C=O) groups is 2. The predicted octanol–water partition coefficient (Wildman–Crippen LogP) is 1.85. The van der Waals surface area contributed by atoms with E-state index in [-0.39, 0.29) is 30.0 Å². The van der Waals surface area contributed by atoms with E-state index in [1.165, 1.54) is 16.7 Å². The molecule has 1 aliphatic rings. The second-order valence-corrected chi connectivity index (χ2v) is 5.56. The number of aromatic nitrogens is 1. The molecule has 0 aliphatic heterocycles. The zero-order chi connectivity index (χ0) is 14.1. The fourth-order valence-corrected chi connectivity index (χ4v) is 2.79. The molecule has 0 spiro atoms. The van der Waals surface area contributed by atoms with E-state index in [1.807, 2.05) is 12.1 Å². The lowest BCUT2D eigenvalue weighted by Gasteiger charge is -2.01. The summed E-state index contributed by atoms with van der Waals surface area (Å²) in [6.45, 7) is 0.262. The van der Waals surface area contributed by atoms with Crippen LogP contribution in [0.15, 0.2) is 28.2 Å². The molecule has 0 unspecified atom stereocenters. The third-order valence-electron chi connectivity index (χ3n) is 3.22. The number of nitrogens with one attached hydrogen (secondary N) is 1. The number of carboxylic acids is 1. The maximum absolute atomic E-state index is 11.9. The number of furan rings is 1. The quantitative estimate of drug-likeness (QED) is 0.877. The molecule has 0 bridgehead atoms. The number of rotatable bonds is 5. The molecule has 2 heterocycles. The van der Waals surface area contributed by atoms with Crippen LogP contribution in [-0.4, -0.2) is 22.0 Å². The van der Waals surface area contributed by atoms with Crippen molar-refractivity contribution in [2.45, 2.75) is 18.9 Å². The van der Waals surface area contributed by atoms with Crippen LogP contribution >= 0.6 is 11.3 Å². The second kappa shape index (κ2) is 5.09. The zero-order valence-corrected chi connectivity index (χ0v) is 11.2. The molecule has 104 valence electrons. The summed E-state index contributed by atoms with van der Waals surface area (Å²) in [6, 6.07) is 3.68. The average Bonchev–Trinajstić information content (AvgIpc) is 2.89. The lowest BCUT2D eigenvalue weighted by Crippen LogP contribution is -2.24. The van der Waals surface area contributed by atoms with Crippen molar-refractivity contribution in [3.05, 3.63) is 40.2 Å². The lowest BCUT2D eigenvalue weighted by molar-refractivity contribution is -0.122. The monoisotopic (exact) mass is 292 g/mol. The Morgan fingerprint density at radius 3 is 3.05 bits per heavy atom. The topological polar surface area (TPSA) is 92.4 Å². The molecule has 20 heavy (non-hydrogen) atoms. The maximum Gasteiger partial charge on any atom is 0.355 e. The van der Waals surface area contributed by atoms with Gasteiger partial charge in [-0.3, -0.25) is 4.79 Å². The van der Waals surface area contributed by atoms with Crippen molar-refractivity contribution in [1.82, 2.24) is 10.3 Å². The summed E-state index contributed by atoms with van der Waals surface area (Å²) in [5.74, 6) is -0.152. The lowest BCUT2D eigenvalue weighted by atomic mass is 10.2. The molecule has 6 nitrogen and oxygen atoms in total. The number of nitrogens with zero attached hydrogens (tertiary/aromatic N) is 1. The van der Waals surface area contributed by atoms with Crippen molar-refractivity contribution in [3.63, 3.8) is 0 Å². The molecule has 2 atom stereocenters. The van der Waals surface area contributed by atoms with E-state index in [2.05, 4.69) is 10.3 Å². The summed E-state index contributed by atoms with van der Waals surface area (Å²) >= 11 is 1.23. The smallest absolute Gasteiger partial charge is 0.355 e. The fraction of sp³-hybridized carbons (Fsp3) is 0.308. The third-order valence-corrected chi connectivity index (χ3v) is 4.07. The van der Waals surface area contributed by atoms with Gasteiger partial charge in [0.25, 0.3) is 0 Å². The number of carbonyl (C=O) groups excluding carboxylic acids is 1. The second-order valence-electron chi connectivity index (χ2n) is 4.61. The number of thiazole rings is 1. The Bertz CT molecular complexity index is 635. The minimum atomic E-state index is -1.06. The molecule has 1 amide bonds. The molecule has 0 radical (unpaired) electrons. The van der Waals surface area contributed by atoms with E-state index in [4.69, 9.17) is 9.52 Å². The van der Waals surface area contributed by atoms with Crippen molar-refractivity contribution in [2.75, 3.05) is 0 Å². The Morgan fingerprint density at radius 1 is 1.55 bits per heavy atom. The molecule has 2 N–H and O–H groups in total. The van der Waals surface area contributed by atoms with E-state index in [9.17, 15) is 9.59 Å². The highest BCUT2D eigenvalue weighted by molar-refractivity contribution is 7.09. The van der Waals surface area contributed by atoms with Gasteiger partial charge in [-0.05, 0) is 18.6 Å². The van der Waals surface area contributed by atoms with Gasteiger partial charge < -0.3 is 14.8 Å². The van der Waals surface area contributed by atoms with Gasteiger partial charge in [-0.1, -0.05) is 0 Å². The summed E-state index contributed by atoms with van der Waals surface area (Å²) < 4.78 is 5.27. The molecule has 2 aromatic heterocycles. The van der Waals surface area contributed by atoms with Gasteiger partial charge in [-0.25, -0.2) is 9.78 Å². The van der Waals surface area contributed by atoms with Crippen LogP contribution in [0.4, 0.5) is 0 Å². The molecule has 3 rings (SSSR count). The fourth-order valence-electron chi connectivity index (χ4n) is 2.09. The normalized spacial score (nSPS) is 20.6. The van der Waals surface area contributed by atoms with Crippen LogP contribution in [0.25, 0.3) is 0 Å². The molecule has 0 saturated heterocycles. The van der Waals surface area contributed by atoms with E-state index < -0.39 is 5.97 Å². The number of hydrogen-bond donors (Lipinski definition) is 2. The van der Waals surface area contributed by atoms with Crippen molar-refractivity contribution in [1.29, 1.82) is 0 Å². The minimum Gasteiger partial charge on any atom is -0.476 e. The Labute approximate surface area is 118 Å². The summed E-state index contributed by atoms with van der Waals surface area (Å²) in [5, 5.41) is 13.6. The third kappa shape index (κ3) is 2.57. The first-order valence-electron chi connectivity index (χ1n) is 6.14. The SMILES string of the molecule is O=C(O)c1csc(CNC(=O)[C@@H]2C[C@H]2c2ccco2)n1. The number of hydrogen-bond acceptors (Lipinski definition) is 5. The van der Waals surface area contributed by atoms with Gasteiger partial charge in [0.15, 0.2) is 5.69 Å². The molecule has 1 aliphatic carbocycles. The number of aromatic carboxylic acids is 1. The minimum absolute atomic E-state index is 0.0131. The molecule has 1 fully saturated rings. The standard InChI is InChI=1S/C13H12N2O4S/c16-12(8-4-7(8)10-2-1-3-19-10)14-5-11-15-9(6-20-11)13(17)18/h1-3,6-8H,4-5H2,(H,14,16)(H,17,18)/t7-,8-/m1/s1. The van der Waals surface area contributed by atoms with Crippen molar-refractivity contribution in [2.24, 2.45) is 5.92 Å². The van der Waals surface area contributed by atoms with Crippen LogP contribution in [0.5, 0.6) is 0 Å². The molecule has 0 aromatic carbocycles. The first-order valence-corrected chi connectivity index (χ1v) is 7.02. The van der Waals surface area contributed by atoms with Crippen molar-refractivity contribution < 1.29 is 19.1 Å². The van der Waals surface area contributed by atoms with E-state index in [0.29, 0.717) is 5.01 Å². The van der Waals surface area contributed by atoms with Gasteiger partial charge in [0.1, 0.15) is 10.8 Å². The molecular formula is C13H12N2O4S. The number of carboxylic acid groups (broad SMARTS) is 1. The van der Waals surface area contributed by atoms with Crippen LogP contribution < -0.4 is 5.32 Å². The van der Waals surface area contributed by atoms with Crippen molar-refractivity contribution in [3.8, 4) is 0 Å². The van der Waals surface area contributed by atoms with Gasteiger partial charge in [-0.2, -0.15) is 0 Å². The highest BCUT2D eigenvalue weighted by Gasteiger charge is 2.45. The van der Waals surface area contributed by atoms with Crippen LogP contribution in [0, 0.1) is 5.92 Å². The average molecular weight is 292 g/mol. The first kappa shape index (κ1) is 12.9. The predicted molar refractivity (Wildman–Crippen MR) is 70.5 cm³/mol. The molecular weight excluding hydrogens is 280 g/mol. The summed E-state index contributed by atoms with van der Waals surface area (Å²) in [4.78, 5) is 26.5.